The number of hydrogen-bond donors (Lipinski definition) is 1. The van der Waals surface area contributed by atoms with Crippen molar-refractivity contribution in [2.75, 3.05) is 23.7 Å². The van der Waals surface area contributed by atoms with E-state index in [9.17, 15) is 4.79 Å². The predicted octanol–water partition coefficient (Wildman–Crippen LogP) is 2.11. The van der Waals surface area contributed by atoms with Crippen LogP contribution in [0.4, 0.5) is 16.2 Å². The van der Waals surface area contributed by atoms with E-state index in [1.807, 2.05) is 41.3 Å². The molecule has 20 heavy (non-hydrogen) atoms. The maximum Gasteiger partial charge on any atom is 0.324 e. The van der Waals surface area contributed by atoms with E-state index in [2.05, 4.69) is 4.98 Å². The van der Waals surface area contributed by atoms with E-state index in [1.54, 1.807) is 17.3 Å². The van der Waals surface area contributed by atoms with Gasteiger partial charge in [0.1, 0.15) is 0 Å². The van der Waals surface area contributed by atoms with Crippen molar-refractivity contribution in [3.63, 3.8) is 0 Å². The zero-order chi connectivity index (χ0) is 13.9. The van der Waals surface area contributed by atoms with Crippen molar-refractivity contribution in [3.05, 3.63) is 54.4 Å². The summed E-state index contributed by atoms with van der Waals surface area (Å²) in [4.78, 5) is 20.1. The molecule has 102 valence electrons. The summed E-state index contributed by atoms with van der Waals surface area (Å²) in [6.07, 6.45) is 3.52. The van der Waals surface area contributed by atoms with Crippen molar-refractivity contribution in [3.8, 4) is 0 Å². The number of amides is 2. The largest absolute Gasteiger partial charge is 0.399 e. The van der Waals surface area contributed by atoms with E-state index in [4.69, 9.17) is 5.73 Å². The van der Waals surface area contributed by atoms with Crippen LogP contribution in [-0.4, -0.2) is 29.0 Å². The molecule has 1 aromatic heterocycles. The number of pyridine rings is 1. The van der Waals surface area contributed by atoms with Crippen molar-refractivity contribution in [1.29, 1.82) is 0 Å². The molecule has 2 N–H and O–H groups in total. The molecule has 3 rings (SSSR count). The Morgan fingerprint density at radius 1 is 1.15 bits per heavy atom. The van der Waals surface area contributed by atoms with Gasteiger partial charge < -0.3 is 10.6 Å². The number of urea groups is 1. The fourth-order valence-corrected chi connectivity index (χ4v) is 2.34. The molecule has 0 bridgehead atoms. The van der Waals surface area contributed by atoms with Crippen molar-refractivity contribution in [2.24, 2.45) is 0 Å². The van der Waals surface area contributed by atoms with Crippen LogP contribution in [0.5, 0.6) is 0 Å². The zero-order valence-corrected chi connectivity index (χ0v) is 11.1. The Balaban J connectivity index is 1.72. The third-order valence-corrected chi connectivity index (χ3v) is 3.40. The SMILES string of the molecule is Nc1ccc(N2CCN(Cc3cccnc3)C2=O)cc1. The number of benzene rings is 1. The number of carbonyl (C=O) groups is 1. The molecule has 0 atom stereocenters. The molecule has 1 aromatic carbocycles. The molecule has 2 amide bonds. The zero-order valence-electron chi connectivity index (χ0n) is 11.1. The highest BCUT2D eigenvalue weighted by atomic mass is 16.2. The van der Waals surface area contributed by atoms with Crippen molar-refractivity contribution in [1.82, 2.24) is 9.88 Å². The Morgan fingerprint density at radius 2 is 1.95 bits per heavy atom. The van der Waals surface area contributed by atoms with Crippen LogP contribution >= 0.6 is 0 Å². The third-order valence-electron chi connectivity index (χ3n) is 3.40. The van der Waals surface area contributed by atoms with E-state index in [0.717, 1.165) is 17.8 Å². The molecular formula is C15H16N4O. The van der Waals surface area contributed by atoms with E-state index in [-0.39, 0.29) is 6.03 Å². The lowest BCUT2D eigenvalue weighted by atomic mass is 10.2. The lowest BCUT2D eigenvalue weighted by Crippen LogP contribution is -2.31. The van der Waals surface area contributed by atoms with Gasteiger partial charge in [0, 0.05) is 43.4 Å². The summed E-state index contributed by atoms with van der Waals surface area (Å²) in [6.45, 7) is 2.01. The molecule has 1 aliphatic heterocycles. The second-order valence-corrected chi connectivity index (χ2v) is 4.81. The third kappa shape index (κ3) is 2.42. The van der Waals surface area contributed by atoms with Gasteiger partial charge in [-0.3, -0.25) is 9.88 Å². The number of nitrogens with zero attached hydrogens (tertiary/aromatic N) is 3. The smallest absolute Gasteiger partial charge is 0.324 e. The topological polar surface area (TPSA) is 62.5 Å². The van der Waals surface area contributed by atoms with Crippen molar-refractivity contribution < 1.29 is 4.79 Å². The Kier molecular flexibility index (Phi) is 3.25. The molecule has 0 saturated carbocycles. The van der Waals surface area contributed by atoms with E-state index in [1.165, 1.54) is 0 Å². The van der Waals surface area contributed by atoms with Gasteiger partial charge in [-0.15, -0.1) is 0 Å². The first-order chi connectivity index (χ1) is 9.74. The van der Waals surface area contributed by atoms with Gasteiger partial charge in [0.05, 0.1) is 0 Å². The molecule has 0 aliphatic carbocycles. The van der Waals surface area contributed by atoms with Crippen LogP contribution in [0.2, 0.25) is 0 Å². The van der Waals surface area contributed by atoms with Gasteiger partial charge in [-0.1, -0.05) is 6.07 Å². The minimum atomic E-state index is 0.0265. The first-order valence-corrected chi connectivity index (χ1v) is 6.55. The lowest BCUT2D eigenvalue weighted by molar-refractivity contribution is 0.218. The maximum absolute atomic E-state index is 12.4. The van der Waals surface area contributed by atoms with Gasteiger partial charge in [-0.25, -0.2) is 4.79 Å². The first kappa shape index (κ1) is 12.5. The van der Waals surface area contributed by atoms with Gasteiger partial charge in [-0.05, 0) is 35.9 Å². The van der Waals surface area contributed by atoms with E-state index in [0.29, 0.717) is 18.8 Å². The summed E-state index contributed by atoms with van der Waals surface area (Å²) >= 11 is 0. The fraction of sp³-hybridized carbons (Fsp3) is 0.200. The molecule has 1 aliphatic rings. The highest BCUT2D eigenvalue weighted by molar-refractivity contribution is 5.94. The molecule has 1 fully saturated rings. The molecule has 0 unspecified atom stereocenters. The molecule has 5 heteroatoms. The van der Waals surface area contributed by atoms with Crippen LogP contribution in [0.1, 0.15) is 5.56 Å². The van der Waals surface area contributed by atoms with Crippen LogP contribution in [0.3, 0.4) is 0 Å². The van der Waals surface area contributed by atoms with Gasteiger partial charge in [0.25, 0.3) is 0 Å². The van der Waals surface area contributed by atoms with Gasteiger partial charge in [0.15, 0.2) is 0 Å². The van der Waals surface area contributed by atoms with Crippen molar-refractivity contribution in [2.45, 2.75) is 6.54 Å². The molecule has 0 radical (unpaired) electrons. The Bertz CT molecular complexity index is 597. The summed E-state index contributed by atoms with van der Waals surface area (Å²) < 4.78 is 0. The molecule has 5 nitrogen and oxygen atoms in total. The molecule has 1 saturated heterocycles. The van der Waals surface area contributed by atoms with Gasteiger partial charge in [0.2, 0.25) is 0 Å². The second kappa shape index (κ2) is 5.21. The monoisotopic (exact) mass is 268 g/mol. The minimum Gasteiger partial charge on any atom is -0.399 e. The van der Waals surface area contributed by atoms with Crippen molar-refractivity contribution >= 4 is 17.4 Å². The van der Waals surface area contributed by atoms with E-state index < -0.39 is 0 Å². The summed E-state index contributed by atoms with van der Waals surface area (Å²) in [5.41, 5.74) is 8.30. The number of nitrogens with two attached hydrogens (primary N) is 1. The highest BCUT2D eigenvalue weighted by Crippen LogP contribution is 2.22. The average molecular weight is 268 g/mol. The molecular weight excluding hydrogens is 252 g/mol. The average Bonchev–Trinajstić information content (AvgIpc) is 2.83. The Morgan fingerprint density at radius 3 is 2.65 bits per heavy atom. The summed E-state index contributed by atoms with van der Waals surface area (Å²) in [5.74, 6) is 0. The minimum absolute atomic E-state index is 0.0265. The summed E-state index contributed by atoms with van der Waals surface area (Å²) in [7, 11) is 0. The molecule has 0 spiro atoms. The number of aromatic nitrogens is 1. The van der Waals surface area contributed by atoms with E-state index >= 15 is 0 Å². The number of carbonyl (C=O) groups excluding carboxylic acids is 1. The summed E-state index contributed by atoms with van der Waals surface area (Å²) in [6, 6.07) is 11.3. The normalized spacial score (nSPS) is 14.9. The van der Waals surface area contributed by atoms with Crippen LogP contribution < -0.4 is 10.6 Å². The number of nitrogen functional groups attached to an aromatic ring is 1. The van der Waals surface area contributed by atoms with Crippen LogP contribution in [0, 0.1) is 0 Å². The predicted molar refractivity (Wildman–Crippen MR) is 78.2 cm³/mol. The maximum atomic E-state index is 12.4. The van der Waals surface area contributed by atoms with Crippen LogP contribution in [-0.2, 0) is 6.54 Å². The lowest BCUT2D eigenvalue weighted by Gasteiger charge is -2.18. The number of hydrogen-bond acceptors (Lipinski definition) is 3. The number of rotatable bonds is 3. The molecule has 2 aromatic rings. The number of anilines is 2. The fourth-order valence-electron chi connectivity index (χ4n) is 2.34. The second-order valence-electron chi connectivity index (χ2n) is 4.81. The van der Waals surface area contributed by atoms with Crippen LogP contribution in [0.15, 0.2) is 48.8 Å². The Hall–Kier alpha value is -2.56. The van der Waals surface area contributed by atoms with Gasteiger partial charge in [-0.2, -0.15) is 0 Å². The Labute approximate surface area is 117 Å². The molecule has 2 heterocycles. The highest BCUT2D eigenvalue weighted by Gasteiger charge is 2.29. The summed E-state index contributed by atoms with van der Waals surface area (Å²) in [5, 5.41) is 0. The van der Waals surface area contributed by atoms with Crippen LogP contribution in [0.25, 0.3) is 0 Å². The quantitative estimate of drug-likeness (QED) is 0.867. The first-order valence-electron chi connectivity index (χ1n) is 6.55. The standard InChI is InChI=1S/C15H16N4O/c16-13-3-5-14(6-4-13)19-9-8-18(15(19)20)11-12-2-1-7-17-10-12/h1-7,10H,8-9,11,16H2. The van der Waals surface area contributed by atoms with Gasteiger partial charge >= 0.3 is 6.03 Å².